The molecule has 2 rings (SSSR count). The van der Waals surface area contributed by atoms with E-state index in [0.29, 0.717) is 5.92 Å². The maximum absolute atomic E-state index is 6.34. The van der Waals surface area contributed by atoms with Crippen molar-refractivity contribution >= 4 is 23.2 Å². The minimum atomic E-state index is 0.0355. The lowest BCUT2D eigenvalue weighted by Crippen LogP contribution is -2.09. The quantitative estimate of drug-likeness (QED) is 0.648. The van der Waals surface area contributed by atoms with Crippen LogP contribution in [0.1, 0.15) is 31.2 Å². The summed E-state index contributed by atoms with van der Waals surface area (Å²) >= 11 is 12.1. The van der Waals surface area contributed by atoms with Crippen molar-refractivity contribution in [1.29, 1.82) is 0 Å². The molecule has 1 saturated carbocycles. The second-order valence-corrected chi connectivity index (χ2v) is 5.00. The average molecular weight is 215 g/mol. The molecule has 0 aromatic heterocycles. The van der Waals surface area contributed by atoms with Crippen LogP contribution in [0.15, 0.2) is 24.3 Å². The monoisotopic (exact) mass is 214 g/mol. The lowest BCUT2D eigenvalue weighted by atomic mass is 9.96. The fourth-order valence-electron chi connectivity index (χ4n) is 1.60. The highest BCUT2D eigenvalue weighted by molar-refractivity contribution is 6.30. The van der Waals surface area contributed by atoms with Crippen molar-refractivity contribution < 1.29 is 0 Å². The van der Waals surface area contributed by atoms with Gasteiger partial charge in [0.2, 0.25) is 0 Å². The fourth-order valence-corrected chi connectivity index (χ4v) is 1.95. The Balaban J connectivity index is 2.20. The summed E-state index contributed by atoms with van der Waals surface area (Å²) in [5.74, 6) is 0.437. The highest BCUT2D eigenvalue weighted by Gasteiger charge is 2.45. The van der Waals surface area contributed by atoms with Crippen LogP contribution >= 0.6 is 23.2 Å². The summed E-state index contributed by atoms with van der Waals surface area (Å²) in [6.07, 6.45) is 2.27. The van der Waals surface area contributed by atoms with Gasteiger partial charge in [0.25, 0.3) is 0 Å². The van der Waals surface area contributed by atoms with E-state index in [0.717, 1.165) is 17.9 Å². The van der Waals surface area contributed by atoms with Crippen molar-refractivity contribution in [3.05, 3.63) is 34.9 Å². The van der Waals surface area contributed by atoms with E-state index < -0.39 is 0 Å². The molecule has 1 aromatic rings. The molecule has 0 saturated heterocycles. The molecule has 13 heavy (non-hydrogen) atoms. The zero-order valence-corrected chi connectivity index (χ0v) is 9.07. The van der Waals surface area contributed by atoms with E-state index >= 15 is 0 Å². The number of hydrogen-bond acceptors (Lipinski definition) is 0. The first-order valence-corrected chi connectivity index (χ1v) is 5.32. The lowest BCUT2D eigenvalue weighted by Gasteiger charge is -2.16. The third-order valence-corrected chi connectivity index (χ3v) is 3.83. The van der Waals surface area contributed by atoms with Crippen LogP contribution in [-0.4, -0.2) is 4.87 Å². The molecular weight excluding hydrogens is 203 g/mol. The summed E-state index contributed by atoms with van der Waals surface area (Å²) in [4.78, 5) is 0.0355. The molecular formula is C11H12Cl2. The Bertz CT molecular complexity index is 298. The van der Waals surface area contributed by atoms with Crippen LogP contribution in [0.5, 0.6) is 0 Å². The van der Waals surface area contributed by atoms with Crippen molar-refractivity contribution in [2.24, 2.45) is 0 Å². The summed E-state index contributed by atoms with van der Waals surface area (Å²) in [5.41, 5.74) is 1.29. The largest absolute Gasteiger partial charge is 0.119 e. The molecule has 70 valence electrons. The number of alkyl halides is 1. The minimum absolute atomic E-state index is 0.0355. The second kappa shape index (κ2) is 3.18. The number of hydrogen-bond donors (Lipinski definition) is 0. The first kappa shape index (κ1) is 9.36. The molecule has 0 bridgehead atoms. The van der Waals surface area contributed by atoms with Gasteiger partial charge in [-0.05, 0) is 30.5 Å². The van der Waals surface area contributed by atoms with E-state index in [1.165, 1.54) is 5.56 Å². The molecule has 0 N–H and O–H groups in total. The third kappa shape index (κ3) is 1.84. The van der Waals surface area contributed by atoms with Gasteiger partial charge in [-0.1, -0.05) is 30.7 Å². The second-order valence-electron chi connectivity index (χ2n) is 3.81. The van der Waals surface area contributed by atoms with Gasteiger partial charge in [0.05, 0.1) is 4.87 Å². The van der Waals surface area contributed by atoms with Crippen LogP contribution in [0, 0.1) is 0 Å². The lowest BCUT2D eigenvalue weighted by molar-refractivity contribution is 0.697. The maximum atomic E-state index is 6.34. The van der Waals surface area contributed by atoms with Gasteiger partial charge in [0.15, 0.2) is 0 Å². The van der Waals surface area contributed by atoms with E-state index in [4.69, 9.17) is 23.2 Å². The Kier molecular flexibility index (Phi) is 2.29. The predicted octanol–water partition coefficient (Wildman–Crippen LogP) is 4.21. The summed E-state index contributed by atoms with van der Waals surface area (Å²) in [6, 6.07) is 7.98. The van der Waals surface area contributed by atoms with E-state index in [1.807, 2.05) is 12.1 Å². The highest BCUT2D eigenvalue weighted by atomic mass is 35.5. The standard InChI is InChI=1S/C11H12Cl2/c1-8(11(13)6-7-11)9-2-4-10(12)5-3-9/h2-5,8H,6-7H2,1H3. The fraction of sp³-hybridized carbons (Fsp3) is 0.455. The number of benzene rings is 1. The molecule has 1 atom stereocenters. The summed E-state index contributed by atoms with van der Waals surface area (Å²) in [5, 5.41) is 0.787. The van der Waals surface area contributed by atoms with Crippen molar-refractivity contribution in [2.45, 2.75) is 30.6 Å². The summed E-state index contributed by atoms with van der Waals surface area (Å²) in [6.45, 7) is 2.18. The van der Waals surface area contributed by atoms with Gasteiger partial charge < -0.3 is 0 Å². The van der Waals surface area contributed by atoms with Gasteiger partial charge in [-0.25, -0.2) is 0 Å². The van der Waals surface area contributed by atoms with Crippen LogP contribution in [0.3, 0.4) is 0 Å². The van der Waals surface area contributed by atoms with Crippen LogP contribution in [0.25, 0.3) is 0 Å². The zero-order valence-electron chi connectivity index (χ0n) is 7.56. The Morgan fingerprint density at radius 1 is 1.23 bits per heavy atom. The van der Waals surface area contributed by atoms with Gasteiger partial charge in [0.1, 0.15) is 0 Å². The number of rotatable bonds is 2. The van der Waals surface area contributed by atoms with Crippen LogP contribution in [-0.2, 0) is 0 Å². The van der Waals surface area contributed by atoms with Crippen LogP contribution < -0.4 is 0 Å². The number of halogens is 2. The highest BCUT2D eigenvalue weighted by Crippen LogP contribution is 2.52. The molecule has 1 aromatic carbocycles. The molecule has 1 aliphatic carbocycles. The SMILES string of the molecule is CC(c1ccc(Cl)cc1)C1(Cl)CC1. The van der Waals surface area contributed by atoms with E-state index in [2.05, 4.69) is 19.1 Å². The molecule has 1 aliphatic rings. The maximum Gasteiger partial charge on any atom is 0.0513 e. The van der Waals surface area contributed by atoms with Crippen LogP contribution in [0.4, 0.5) is 0 Å². The Morgan fingerprint density at radius 2 is 1.77 bits per heavy atom. The van der Waals surface area contributed by atoms with Gasteiger partial charge in [0, 0.05) is 10.9 Å². The van der Waals surface area contributed by atoms with Gasteiger partial charge >= 0.3 is 0 Å². The van der Waals surface area contributed by atoms with Crippen molar-refractivity contribution in [3.63, 3.8) is 0 Å². The smallest absolute Gasteiger partial charge is 0.0513 e. The van der Waals surface area contributed by atoms with Gasteiger partial charge in [-0.3, -0.25) is 0 Å². The zero-order chi connectivity index (χ0) is 9.47. The summed E-state index contributed by atoms with van der Waals surface area (Å²) < 4.78 is 0. The van der Waals surface area contributed by atoms with E-state index in [1.54, 1.807) is 0 Å². The van der Waals surface area contributed by atoms with Crippen LogP contribution in [0.2, 0.25) is 5.02 Å². The average Bonchev–Trinajstić information content (AvgIpc) is 2.85. The Morgan fingerprint density at radius 3 is 2.23 bits per heavy atom. The first-order chi connectivity index (χ1) is 6.12. The molecule has 0 radical (unpaired) electrons. The summed E-state index contributed by atoms with van der Waals surface area (Å²) in [7, 11) is 0. The minimum Gasteiger partial charge on any atom is -0.119 e. The Hall–Kier alpha value is -0.200. The molecule has 1 unspecified atom stereocenters. The van der Waals surface area contributed by atoms with Crippen molar-refractivity contribution in [2.75, 3.05) is 0 Å². The normalized spacial score (nSPS) is 21.2. The van der Waals surface area contributed by atoms with Crippen molar-refractivity contribution in [3.8, 4) is 0 Å². The molecule has 0 nitrogen and oxygen atoms in total. The van der Waals surface area contributed by atoms with E-state index in [9.17, 15) is 0 Å². The molecule has 1 fully saturated rings. The van der Waals surface area contributed by atoms with E-state index in [-0.39, 0.29) is 4.87 Å². The predicted molar refractivity (Wildman–Crippen MR) is 57.7 cm³/mol. The molecule has 0 heterocycles. The molecule has 2 heteroatoms. The van der Waals surface area contributed by atoms with Gasteiger partial charge in [-0.2, -0.15) is 0 Å². The topological polar surface area (TPSA) is 0 Å². The van der Waals surface area contributed by atoms with Gasteiger partial charge in [-0.15, -0.1) is 11.6 Å². The van der Waals surface area contributed by atoms with Crippen molar-refractivity contribution in [1.82, 2.24) is 0 Å². The Labute approximate surface area is 88.9 Å². The third-order valence-electron chi connectivity index (χ3n) is 2.87. The first-order valence-electron chi connectivity index (χ1n) is 4.56. The molecule has 0 amide bonds. The molecule has 0 spiro atoms. The molecule has 0 aliphatic heterocycles.